The average Bonchev–Trinajstić information content (AvgIpc) is 2.61. The van der Waals surface area contributed by atoms with Crippen LogP contribution in [0.1, 0.15) is 11.6 Å². The second-order valence-electron chi connectivity index (χ2n) is 6.04. The topological polar surface area (TPSA) is 113 Å². The van der Waals surface area contributed by atoms with Crippen LogP contribution in [0.5, 0.6) is 0 Å². The molecule has 1 aliphatic rings. The van der Waals surface area contributed by atoms with E-state index in [9.17, 15) is 19.7 Å². The Morgan fingerprint density at radius 2 is 1.96 bits per heavy atom. The van der Waals surface area contributed by atoms with Gasteiger partial charge in [-0.1, -0.05) is 41.9 Å². The SMILES string of the molecule is C=C1NC(=O)N[C@H](c2ccc(Cl)cc2Cl)[C@H]1C(=O)Nc1cccc([N+](=O)[O-])c1. The molecule has 3 amide bonds. The molecule has 2 aromatic rings. The Kier molecular flexibility index (Phi) is 5.53. The molecule has 0 saturated carbocycles. The summed E-state index contributed by atoms with van der Waals surface area (Å²) in [5, 5.41) is 19.4. The fourth-order valence-electron chi connectivity index (χ4n) is 2.92. The average molecular weight is 421 g/mol. The molecule has 2 atom stereocenters. The van der Waals surface area contributed by atoms with Gasteiger partial charge in [-0.25, -0.2) is 4.79 Å². The summed E-state index contributed by atoms with van der Waals surface area (Å²) < 4.78 is 0. The van der Waals surface area contributed by atoms with Gasteiger partial charge in [0.15, 0.2) is 0 Å². The van der Waals surface area contributed by atoms with Crippen LogP contribution in [0.25, 0.3) is 0 Å². The Bertz CT molecular complexity index is 995. The quantitative estimate of drug-likeness (QED) is 0.511. The first-order valence-corrected chi connectivity index (χ1v) is 8.78. The highest BCUT2D eigenvalue weighted by atomic mass is 35.5. The molecule has 8 nitrogen and oxygen atoms in total. The molecule has 0 radical (unpaired) electrons. The second kappa shape index (κ2) is 7.87. The highest BCUT2D eigenvalue weighted by Crippen LogP contribution is 2.35. The van der Waals surface area contributed by atoms with E-state index < -0.39 is 28.8 Å². The number of nitro benzene ring substituents is 1. The molecule has 0 bridgehead atoms. The molecule has 3 rings (SSSR count). The summed E-state index contributed by atoms with van der Waals surface area (Å²) in [6.07, 6.45) is 0. The molecule has 1 fully saturated rings. The van der Waals surface area contributed by atoms with E-state index in [0.29, 0.717) is 10.6 Å². The van der Waals surface area contributed by atoms with E-state index in [2.05, 4.69) is 22.5 Å². The van der Waals surface area contributed by atoms with Gasteiger partial charge < -0.3 is 16.0 Å². The largest absolute Gasteiger partial charge is 0.330 e. The Labute approximate surface area is 169 Å². The number of urea groups is 1. The summed E-state index contributed by atoms with van der Waals surface area (Å²) >= 11 is 12.2. The Morgan fingerprint density at radius 3 is 2.64 bits per heavy atom. The summed E-state index contributed by atoms with van der Waals surface area (Å²) in [5.41, 5.74) is 0.734. The highest BCUT2D eigenvalue weighted by Gasteiger charge is 2.38. The van der Waals surface area contributed by atoms with Crippen molar-refractivity contribution >= 4 is 46.5 Å². The van der Waals surface area contributed by atoms with Crippen LogP contribution in [0, 0.1) is 16.0 Å². The zero-order valence-corrected chi connectivity index (χ0v) is 15.8. The minimum absolute atomic E-state index is 0.163. The molecule has 2 aromatic carbocycles. The van der Waals surface area contributed by atoms with Crippen LogP contribution < -0.4 is 16.0 Å². The highest BCUT2D eigenvalue weighted by molar-refractivity contribution is 6.35. The third-order valence-corrected chi connectivity index (χ3v) is 4.74. The monoisotopic (exact) mass is 420 g/mol. The molecule has 0 unspecified atom stereocenters. The van der Waals surface area contributed by atoms with Gasteiger partial charge >= 0.3 is 6.03 Å². The summed E-state index contributed by atoms with van der Waals surface area (Å²) in [6, 6.07) is 8.91. The first kappa shape index (κ1) is 19.7. The number of anilines is 1. The standard InChI is InChI=1S/C18H14Cl2N4O4/c1-9-15(17(25)22-11-3-2-4-12(8-11)24(27)28)16(23-18(26)21-9)13-6-5-10(19)7-14(13)20/h2-8,15-16H,1H2,(H,22,25)(H2,21,23,26)/t15-,16+/m0/s1. The zero-order valence-electron chi connectivity index (χ0n) is 14.2. The number of benzene rings is 2. The summed E-state index contributed by atoms with van der Waals surface area (Å²) in [5.74, 6) is -1.44. The van der Waals surface area contributed by atoms with Crippen LogP contribution in [0.2, 0.25) is 10.0 Å². The molecule has 0 aliphatic carbocycles. The van der Waals surface area contributed by atoms with Gasteiger partial charge in [0.05, 0.1) is 11.0 Å². The Morgan fingerprint density at radius 1 is 1.21 bits per heavy atom. The molecule has 10 heteroatoms. The third kappa shape index (κ3) is 4.08. The lowest BCUT2D eigenvalue weighted by molar-refractivity contribution is -0.384. The lowest BCUT2D eigenvalue weighted by atomic mass is 9.88. The van der Waals surface area contributed by atoms with Crippen molar-refractivity contribution in [3.05, 3.63) is 80.5 Å². The van der Waals surface area contributed by atoms with Crippen molar-refractivity contribution in [2.24, 2.45) is 5.92 Å². The van der Waals surface area contributed by atoms with E-state index in [1.807, 2.05) is 0 Å². The predicted octanol–water partition coefficient (Wildman–Crippen LogP) is 4.02. The van der Waals surface area contributed by atoms with Crippen molar-refractivity contribution in [1.29, 1.82) is 0 Å². The molecule has 3 N–H and O–H groups in total. The van der Waals surface area contributed by atoms with Gasteiger partial charge in [-0.2, -0.15) is 0 Å². The number of carbonyl (C=O) groups excluding carboxylic acids is 2. The maximum atomic E-state index is 12.9. The number of carbonyl (C=O) groups is 2. The van der Waals surface area contributed by atoms with Gasteiger partial charge in [0.25, 0.3) is 5.69 Å². The number of rotatable bonds is 4. The maximum Gasteiger partial charge on any atom is 0.319 e. The summed E-state index contributed by atoms with van der Waals surface area (Å²) in [6.45, 7) is 3.77. The van der Waals surface area contributed by atoms with Gasteiger partial charge in [-0.15, -0.1) is 0 Å². The van der Waals surface area contributed by atoms with Gasteiger partial charge in [0.2, 0.25) is 5.91 Å². The minimum Gasteiger partial charge on any atom is -0.330 e. The fourth-order valence-corrected chi connectivity index (χ4v) is 3.45. The van der Waals surface area contributed by atoms with Crippen LogP contribution in [0.15, 0.2) is 54.7 Å². The second-order valence-corrected chi connectivity index (χ2v) is 6.89. The van der Waals surface area contributed by atoms with Crippen molar-refractivity contribution in [3.8, 4) is 0 Å². The number of halogens is 2. The van der Waals surface area contributed by atoms with Gasteiger partial charge in [-0.05, 0) is 23.8 Å². The van der Waals surface area contributed by atoms with Crippen LogP contribution in [-0.2, 0) is 4.79 Å². The van der Waals surface area contributed by atoms with Crippen molar-refractivity contribution in [3.63, 3.8) is 0 Å². The number of nitrogens with zero attached hydrogens (tertiary/aromatic N) is 1. The van der Waals surface area contributed by atoms with E-state index in [0.717, 1.165) is 0 Å². The predicted molar refractivity (Wildman–Crippen MR) is 105 cm³/mol. The van der Waals surface area contributed by atoms with Crippen molar-refractivity contribution in [2.45, 2.75) is 6.04 Å². The third-order valence-electron chi connectivity index (χ3n) is 4.17. The molecule has 1 heterocycles. The van der Waals surface area contributed by atoms with E-state index in [-0.39, 0.29) is 22.1 Å². The molecule has 1 aliphatic heterocycles. The summed E-state index contributed by atoms with van der Waals surface area (Å²) in [7, 11) is 0. The molecule has 0 spiro atoms. The van der Waals surface area contributed by atoms with Crippen molar-refractivity contribution < 1.29 is 14.5 Å². The van der Waals surface area contributed by atoms with Crippen LogP contribution >= 0.6 is 23.2 Å². The van der Waals surface area contributed by atoms with E-state index in [1.165, 1.54) is 30.3 Å². The number of hydrogen-bond donors (Lipinski definition) is 3. The van der Waals surface area contributed by atoms with Crippen LogP contribution in [-0.4, -0.2) is 16.9 Å². The lowest BCUT2D eigenvalue weighted by Gasteiger charge is -2.34. The van der Waals surface area contributed by atoms with E-state index in [1.54, 1.807) is 12.1 Å². The maximum absolute atomic E-state index is 12.9. The van der Waals surface area contributed by atoms with Crippen molar-refractivity contribution in [1.82, 2.24) is 10.6 Å². The lowest BCUT2D eigenvalue weighted by Crippen LogP contribution is -2.51. The van der Waals surface area contributed by atoms with E-state index in [4.69, 9.17) is 23.2 Å². The fraction of sp³-hybridized carbons (Fsp3) is 0.111. The van der Waals surface area contributed by atoms with Gasteiger partial charge in [0.1, 0.15) is 5.92 Å². The Hall–Kier alpha value is -3.10. The molecule has 0 aromatic heterocycles. The molecular formula is C18H14Cl2N4O4. The number of non-ortho nitro benzene ring substituents is 1. The summed E-state index contributed by atoms with van der Waals surface area (Å²) in [4.78, 5) is 35.2. The minimum atomic E-state index is -0.921. The molecule has 144 valence electrons. The van der Waals surface area contributed by atoms with Crippen molar-refractivity contribution in [2.75, 3.05) is 5.32 Å². The smallest absolute Gasteiger partial charge is 0.319 e. The Balaban J connectivity index is 1.92. The number of nitro groups is 1. The molecular weight excluding hydrogens is 407 g/mol. The van der Waals surface area contributed by atoms with E-state index >= 15 is 0 Å². The first-order chi connectivity index (χ1) is 13.3. The number of nitrogens with one attached hydrogen (secondary N) is 3. The first-order valence-electron chi connectivity index (χ1n) is 8.03. The molecule has 1 saturated heterocycles. The van der Waals surface area contributed by atoms with Crippen LogP contribution in [0.3, 0.4) is 0 Å². The zero-order chi connectivity index (χ0) is 20.4. The normalized spacial score (nSPS) is 18.8. The van der Waals surface area contributed by atoms with Gasteiger partial charge in [-0.3, -0.25) is 14.9 Å². The van der Waals surface area contributed by atoms with Crippen LogP contribution in [0.4, 0.5) is 16.2 Å². The number of hydrogen-bond acceptors (Lipinski definition) is 4. The number of amides is 3. The van der Waals surface area contributed by atoms with Gasteiger partial charge in [0, 0.05) is 33.6 Å². The molecule has 28 heavy (non-hydrogen) atoms.